The fourth-order valence-corrected chi connectivity index (χ4v) is 12.4. The molecule has 0 bridgehead atoms. The topological polar surface area (TPSA) is 265 Å². The van der Waals surface area contributed by atoms with Gasteiger partial charge in [-0.3, -0.25) is 39.6 Å². The number of aromatic nitrogens is 3. The number of halogens is 5. The van der Waals surface area contributed by atoms with Gasteiger partial charge in [-0.05, 0) is 134 Å². The molecule has 104 heavy (non-hydrogen) atoms. The molecule has 9 aromatic rings. The summed E-state index contributed by atoms with van der Waals surface area (Å²) in [6, 6.07) is 42.9. The number of amides is 3. The highest BCUT2D eigenvalue weighted by molar-refractivity contribution is 6.33. The van der Waals surface area contributed by atoms with E-state index in [2.05, 4.69) is 35.8 Å². The van der Waals surface area contributed by atoms with Crippen molar-refractivity contribution in [2.24, 2.45) is 0 Å². The van der Waals surface area contributed by atoms with E-state index in [4.69, 9.17) is 74.2 Å². The van der Waals surface area contributed by atoms with Crippen LogP contribution in [0.25, 0.3) is 0 Å². The number of nitrogens with one attached hydrogen (secondary N) is 6. The highest BCUT2D eigenvalue weighted by atomic mass is 35.5. The molecule has 20 nitrogen and oxygen atoms in total. The first kappa shape index (κ1) is 77.8. The van der Waals surface area contributed by atoms with Gasteiger partial charge in [-0.1, -0.05) is 137 Å². The summed E-state index contributed by atoms with van der Waals surface area (Å²) in [5, 5.41) is 35.1. The molecule has 0 atom stereocenters. The van der Waals surface area contributed by atoms with E-state index in [0.29, 0.717) is 121 Å². The van der Waals surface area contributed by atoms with E-state index in [1.54, 1.807) is 128 Å². The SMILES string of the molecule is CC(=N)c1ccc(C(=O)Cc2ccc(N(C)C)cc2C(=O)Nc2ccc(Cl)cn2)cc1.CN(C)c1cc(Cl)cc(C(=O)Nc2ccc(Cl)cn2)c1CC(=O)c1ccc(C(=N)N2CCCC2)cc1.CN(C)c1cc(Cl)cc(C(=O)Nc2ccc(Cl)cn2)c1CC(=O)c1ccc(C(=N)N2CCCCC2)cc1. The minimum atomic E-state index is -0.423. The molecule has 2 fully saturated rings. The van der Waals surface area contributed by atoms with E-state index in [9.17, 15) is 28.8 Å². The van der Waals surface area contributed by atoms with Gasteiger partial charge < -0.3 is 45.9 Å². The maximum Gasteiger partial charge on any atom is 0.257 e. The molecular formula is C79H79Cl5N14O6. The lowest BCUT2D eigenvalue weighted by molar-refractivity contribution is 0.0980. The number of rotatable bonds is 21. The number of anilines is 6. The molecule has 3 amide bonds. The number of carbonyl (C=O) groups excluding carboxylic acids is 6. The van der Waals surface area contributed by atoms with E-state index < -0.39 is 11.8 Å². The summed E-state index contributed by atoms with van der Waals surface area (Å²) in [5.74, 6) is 0.435. The number of hydrogen-bond donors (Lipinski definition) is 6. The van der Waals surface area contributed by atoms with Crippen molar-refractivity contribution in [2.45, 2.75) is 58.3 Å². The molecule has 0 spiro atoms. The Kier molecular flexibility index (Phi) is 27.1. The van der Waals surface area contributed by atoms with Gasteiger partial charge >= 0.3 is 0 Å². The number of amidine groups is 2. The minimum Gasteiger partial charge on any atom is -0.378 e. The summed E-state index contributed by atoms with van der Waals surface area (Å²) in [6.07, 6.45) is 10.0. The monoisotopic (exact) mass is 1490 g/mol. The zero-order valence-corrected chi connectivity index (χ0v) is 62.3. The van der Waals surface area contributed by atoms with E-state index >= 15 is 0 Å². The average molecular weight is 1500 g/mol. The third kappa shape index (κ3) is 20.9. The second kappa shape index (κ2) is 36.2. The number of ketones is 3. The number of piperidine rings is 1. The lowest BCUT2D eigenvalue weighted by atomic mass is 9.95. The van der Waals surface area contributed by atoms with E-state index in [1.807, 2.05) is 92.2 Å². The molecule has 5 heterocycles. The Labute approximate surface area is 630 Å². The number of likely N-dealkylation sites (tertiary alicyclic amines) is 2. The van der Waals surface area contributed by atoms with Gasteiger partial charge in [0.05, 0.1) is 15.1 Å². The zero-order valence-electron chi connectivity index (χ0n) is 58.6. The Morgan fingerprint density at radius 1 is 0.385 bits per heavy atom. The summed E-state index contributed by atoms with van der Waals surface area (Å²) >= 11 is 30.3. The Morgan fingerprint density at radius 2 is 0.721 bits per heavy atom. The van der Waals surface area contributed by atoms with Gasteiger partial charge in [-0.25, -0.2) is 15.0 Å². The van der Waals surface area contributed by atoms with Gasteiger partial charge in [0.25, 0.3) is 17.7 Å². The summed E-state index contributed by atoms with van der Waals surface area (Å²) < 4.78 is 0. The third-order valence-corrected chi connectivity index (χ3v) is 18.4. The molecule has 3 aromatic heterocycles. The van der Waals surface area contributed by atoms with Crippen LogP contribution in [0.1, 0.15) is 135 Å². The van der Waals surface area contributed by atoms with Crippen molar-refractivity contribution in [1.29, 1.82) is 16.2 Å². The summed E-state index contributed by atoms with van der Waals surface area (Å²) in [7, 11) is 11.1. The zero-order chi connectivity index (χ0) is 74.9. The quantitative estimate of drug-likeness (QED) is 0.0222. The number of hydrogen-bond acceptors (Lipinski definition) is 15. The van der Waals surface area contributed by atoms with Crippen molar-refractivity contribution >= 4 is 145 Å². The van der Waals surface area contributed by atoms with Crippen LogP contribution in [-0.2, 0) is 19.3 Å². The maximum absolute atomic E-state index is 13.4. The van der Waals surface area contributed by atoms with Gasteiger partial charge in [0.15, 0.2) is 17.3 Å². The second-order valence-corrected chi connectivity index (χ2v) is 27.7. The Hall–Kier alpha value is -10.4. The number of carbonyl (C=O) groups is 6. The molecule has 0 radical (unpaired) electrons. The first-order valence-corrected chi connectivity index (χ1v) is 35.3. The molecule has 0 saturated carbocycles. The van der Waals surface area contributed by atoms with Crippen LogP contribution in [0, 0.1) is 16.2 Å². The highest BCUT2D eigenvalue weighted by Crippen LogP contribution is 2.33. The highest BCUT2D eigenvalue weighted by Gasteiger charge is 2.26. The van der Waals surface area contributed by atoms with Gasteiger partial charge in [0.2, 0.25) is 0 Å². The molecule has 0 aliphatic carbocycles. The van der Waals surface area contributed by atoms with Gasteiger partial charge in [-0.2, -0.15) is 0 Å². The van der Waals surface area contributed by atoms with Crippen molar-refractivity contribution in [3.05, 3.63) is 262 Å². The second-order valence-electron chi connectivity index (χ2n) is 25.5. The minimum absolute atomic E-state index is 0.00437. The Bertz CT molecular complexity index is 4640. The summed E-state index contributed by atoms with van der Waals surface area (Å²) in [6.45, 7) is 5.25. The molecule has 2 aliphatic rings. The molecule has 6 aromatic carbocycles. The van der Waals surface area contributed by atoms with Crippen molar-refractivity contribution in [2.75, 3.05) is 99.1 Å². The smallest absolute Gasteiger partial charge is 0.257 e. The Morgan fingerprint density at radius 3 is 1.06 bits per heavy atom. The van der Waals surface area contributed by atoms with Crippen molar-refractivity contribution < 1.29 is 28.8 Å². The lowest BCUT2D eigenvalue weighted by Crippen LogP contribution is -2.35. The number of pyridine rings is 3. The molecule has 6 N–H and O–H groups in total. The van der Waals surface area contributed by atoms with Crippen molar-refractivity contribution in [3.8, 4) is 0 Å². The molecule has 11 rings (SSSR count). The van der Waals surface area contributed by atoms with Crippen LogP contribution in [0.2, 0.25) is 25.1 Å². The molecule has 25 heteroatoms. The number of Topliss-reactive ketones (excluding diaryl/α,β-unsaturated/α-hetero) is 3. The predicted molar refractivity (Wildman–Crippen MR) is 420 cm³/mol. The van der Waals surface area contributed by atoms with Crippen LogP contribution in [0.4, 0.5) is 34.5 Å². The van der Waals surface area contributed by atoms with Crippen LogP contribution in [0.5, 0.6) is 0 Å². The fourth-order valence-electron chi connectivity index (χ4n) is 11.7. The lowest BCUT2D eigenvalue weighted by Gasteiger charge is -2.29. The van der Waals surface area contributed by atoms with Gasteiger partial charge in [0, 0.05) is 184 Å². The Balaban J connectivity index is 0.000000182. The molecule has 0 unspecified atom stereocenters. The molecular weight excluding hydrogens is 1420 g/mol. The first-order chi connectivity index (χ1) is 49.7. The normalized spacial score (nSPS) is 12.3. The van der Waals surface area contributed by atoms with Crippen LogP contribution in [0.3, 0.4) is 0 Å². The van der Waals surface area contributed by atoms with Crippen LogP contribution >= 0.6 is 58.0 Å². The first-order valence-electron chi connectivity index (χ1n) is 33.4. The van der Waals surface area contributed by atoms with Crippen LogP contribution in [-0.4, -0.2) is 146 Å². The fraction of sp³-hybridized carbons (Fsp3) is 0.241. The van der Waals surface area contributed by atoms with E-state index in [-0.39, 0.29) is 42.5 Å². The predicted octanol–water partition coefficient (Wildman–Crippen LogP) is 16.4. The molecule has 2 aliphatic heterocycles. The van der Waals surface area contributed by atoms with Crippen molar-refractivity contribution in [1.82, 2.24) is 24.8 Å². The van der Waals surface area contributed by atoms with E-state index in [1.165, 1.54) is 25.0 Å². The molecule has 536 valence electrons. The van der Waals surface area contributed by atoms with Crippen molar-refractivity contribution in [3.63, 3.8) is 0 Å². The van der Waals surface area contributed by atoms with Gasteiger partial charge in [-0.15, -0.1) is 0 Å². The van der Waals surface area contributed by atoms with E-state index in [0.717, 1.165) is 74.2 Å². The number of benzene rings is 6. The van der Waals surface area contributed by atoms with Gasteiger partial charge in [0.1, 0.15) is 29.1 Å². The average Bonchev–Trinajstić information content (AvgIpc) is 0.824. The standard InChI is InChI=1S/C28H29Cl2N5O2.C27H27Cl2N5O2.C24H23ClN4O2/c1-34(2)24-15-21(30)14-23(28(37)33-26-11-10-20(29)17-32-26)22(24)16-25(36)18-6-8-19(9-7-18)27(31)35-12-4-3-5-13-35;1-33(2)23-14-20(29)13-22(27(36)32-25-10-9-19(28)16-31-25)21(23)15-24(35)17-5-7-18(8-6-17)26(30)34-11-3-4-12-34;1-15(26)16-4-6-17(7-5-16)22(30)12-18-8-10-20(29(2)3)13-21(18)24(31)28-23-11-9-19(25)14-27-23/h6-11,14-15,17,31H,3-5,12-13,16H2,1-2H3,(H,32,33,37);5-10,13-14,16,30H,3-4,11-12,15H2,1-2H3,(H,31,32,36);4-11,13-14,26H,12H2,1-3H3,(H,27,28,31). The van der Waals surface area contributed by atoms with Crippen LogP contribution in [0.15, 0.2) is 170 Å². The maximum atomic E-state index is 13.4. The largest absolute Gasteiger partial charge is 0.378 e. The third-order valence-electron chi connectivity index (χ3n) is 17.3. The number of nitrogens with zero attached hydrogens (tertiary/aromatic N) is 8. The summed E-state index contributed by atoms with van der Waals surface area (Å²) in [4.78, 5) is 101. The molecule has 2 saturated heterocycles. The van der Waals surface area contributed by atoms with Crippen LogP contribution < -0.4 is 30.7 Å². The summed E-state index contributed by atoms with van der Waals surface area (Å²) in [5.41, 5.74) is 9.28.